The van der Waals surface area contributed by atoms with Crippen LogP contribution in [0.4, 0.5) is 10.5 Å². The first-order valence-corrected chi connectivity index (χ1v) is 14.5. The molecule has 40 heavy (non-hydrogen) atoms. The molecule has 2 heterocycles. The lowest BCUT2D eigenvalue weighted by Crippen LogP contribution is -2.72. The first-order valence-electron chi connectivity index (χ1n) is 13.1. The lowest BCUT2D eigenvalue weighted by molar-refractivity contribution is -0.144. The quantitative estimate of drug-likeness (QED) is 0.476. The number of hydrogen-bond acceptors (Lipinski definition) is 8. The molecule has 10 nitrogen and oxygen atoms in total. The van der Waals surface area contributed by atoms with E-state index in [1.54, 1.807) is 32.9 Å². The highest BCUT2D eigenvalue weighted by Crippen LogP contribution is 2.34. The Morgan fingerprint density at radius 3 is 2.35 bits per heavy atom. The standard InChI is InChI=1S/C29H37N3O7S/c1-20-15-21(24-9-7-8-10-25(24)31(20)5)17-38-22-11-13-23(14-12-22)40(35,36)30-29(16-26(33)37-6)18-32(19-29)27(34)39-28(2,3)4/h7-15,20,30H,16-19H2,1-6H3. The summed E-state index contributed by atoms with van der Waals surface area (Å²) in [7, 11) is -0.747. The van der Waals surface area contributed by atoms with Crippen LogP contribution in [-0.4, -0.2) is 76.4 Å². The number of hydrogen-bond donors (Lipinski definition) is 1. The molecule has 0 saturated carbocycles. The summed E-state index contributed by atoms with van der Waals surface area (Å²) in [4.78, 5) is 28.1. The highest BCUT2D eigenvalue weighted by atomic mass is 32.2. The maximum Gasteiger partial charge on any atom is 0.410 e. The number of methoxy groups -OCH3 is 1. The SMILES string of the molecule is COC(=O)CC1(NS(=O)(=O)c2ccc(OCC3=CC(C)N(C)c4ccccc43)cc2)CN(C(=O)OC(C)(C)C)C1. The first-order chi connectivity index (χ1) is 18.7. The molecule has 4 rings (SSSR count). The molecule has 2 aromatic carbocycles. The molecule has 0 spiro atoms. The van der Waals surface area contributed by atoms with Gasteiger partial charge < -0.3 is 24.0 Å². The van der Waals surface area contributed by atoms with Crippen molar-refractivity contribution in [2.75, 3.05) is 38.8 Å². The molecular formula is C29H37N3O7S. The molecule has 1 unspecified atom stereocenters. The molecule has 0 aliphatic carbocycles. The number of para-hydroxylation sites is 1. The van der Waals surface area contributed by atoms with Crippen LogP contribution in [0.3, 0.4) is 0 Å². The second-order valence-corrected chi connectivity index (χ2v) is 13.0. The van der Waals surface area contributed by atoms with E-state index in [-0.39, 0.29) is 30.4 Å². The number of rotatable bonds is 8. The third kappa shape index (κ3) is 6.59. The van der Waals surface area contributed by atoms with Crippen molar-refractivity contribution in [2.24, 2.45) is 0 Å². The van der Waals surface area contributed by atoms with Gasteiger partial charge in [-0.25, -0.2) is 17.9 Å². The Balaban J connectivity index is 1.43. The molecule has 1 N–H and O–H groups in total. The Hall–Kier alpha value is -3.57. The van der Waals surface area contributed by atoms with Crippen LogP contribution < -0.4 is 14.4 Å². The molecule has 1 atom stereocenters. The summed E-state index contributed by atoms with van der Waals surface area (Å²) in [5.74, 6) is -0.0673. The van der Waals surface area contributed by atoms with Gasteiger partial charge in [0.15, 0.2) is 0 Å². The monoisotopic (exact) mass is 571 g/mol. The molecule has 2 aliphatic heterocycles. The molecule has 0 radical (unpaired) electrons. The van der Waals surface area contributed by atoms with Crippen molar-refractivity contribution < 1.29 is 32.2 Å². The van der Waals surface area contributed by atoms with Gasteiger partial charge in [-0.1, -0.05) is 24.3 Å². The second-order valence-electron chi connectivity index (χ2n) is 11.3. The van der Waals surface area contributed by atoms with Crippen LogP contribution in [0.2, 0.25) is 0 Å². The zero-order valence-electron chi connectivity index (χ0n) is 23.8. The number of likely N-dealkylation sites (tertiary alicyclic amines) is 1. The molecule has 1 saturated heterocycles. The summed E-state index contributed by atoms with van der Waals surface area (Å²) in [5, 5.41) is 0. The van der Waals surface area contributed by atoms with E-state index in [0.717, 1.165) is 16.8 Å². The molecular weight excluding hydrogens is 534 g/mol. The van der Waals surface area contributed by atoms with Crippen molar-refractivity contribution in [3.63, 3.8) is 0 Å². The number of nitrogens with one attached hydrogen (secondary N) is 1. The number of anilines is 1. The van der Waals surface area contributed by atoms with Crippen LogP contribution in [0, 0.1) is 0 Å². The Labute approximate surface area is 235 Å². The predicted molar refractivity (Wildman–Crippen MR) is 152 cm³/mol. The van der Waals surface area contributed by atoms with Crippen LogP contribution in [0.25, 0.3) is 5.57 Å². The van der Waals surface area contributed by atoms with Crippen LogP contribution in [0.15, 0.2) is 59.5 Å². The van der Waals surface area contributed by atoms with Crippen molar-refractivity contribution in [3.8, 4) is 5.75 Å². The fourth-order valence-corrected chi connectivity index (χ4v) is 6.20. The van der Waals surface area contributed by atoms with E-state index in [2.05, 4.69) is 41.8 Å². The number of carbonyl (C=O) groups excluding carboxylic acids is 2. The van der Waals surface area contributed by atoms with E-state index in [1.165, 1.54) is 24.1 Å². The van der Waals surface area contributed by atoms with Crippen LogP contribution >= 0.6 is 0 Å². The number of nitrogens with zero attached hydrogens (tertiary/aromatic N) is 2. The van der Waals surface area contributed by atoms with E-state index in [9.17, 15) is 18.0 Å². The Kier molecular flexibility index (Phi) is 8.18. The number of ether oxygens (including phenoxy) is 3. The van der Waals surface area contributed by atoms with E-state index in [1.807, 2.05) is 12.1 Å². The molecule has 1 fully saturated rings. The average Bonchev–Trinajstić information content (AvgIpc) is 2.87. The fraction of sp³-hybridized carbons (Fsp3) is 0.448. The van der Waals surface area contributed by atoms with Gasteiger partial charge in [0.2, 0.25) is 10.0 Å². The molecule has 11 heteroatoms. The van der Waals surface area contributed by atoms with E-state index in [0.29, 0.717) is 12.4 Å². The maximum atomic E-state index is 13.3. The first kappa shape index (κ1) is 29.4. The van der Waals surface area contributed by atoms with Gasteiger partial charge in [0.05, 0.1) is 24.0 Å². The van der Waals surface area contributed by atoms with E-state index < -0.39 is 33.2 Å². The third-order valence-corrected chi connectivity index (χ3v) is 8.51. The molecule has 2 aromatic rings. The number of carbonyl (C=O) groups is 2. The number of sulfonamides is 1. The zero-order chi connectivity index (χ0) is 29.3. The lowest BCUT2D eigenvalue weighted by atomic mass is 9.88. The molecule has 2 aliphatic rings. The van der Waals surface area contributed by atoms with Crippen molar-refractivity contribution in [1.29, 1.82) is 0 Å². The average molecular weight is 572 g/mol. The minimum absolute atomic E-state index is 0.0114. The van der Waals surface area contributed by atoms with Crippen molar-refractivity contribution in [2.45, 2.75) is 56.2 Å². The number of amides is 1. The summed E-state index contributed by atoms with van der Waals surface area (Å²) < 4.78 is 45.3. The molecule has 0 bridgehead atoms. The number of benzene rings is 2. The number of likely N-dealkylation sites (N-methyl/N-ethyl adjacent to an activating group) is 1. The van der Waals surface area contributed by atoms with E-state index in [4.69, 9.17) is 14.2 Å². The van der Waals surface area contributed by atoms with Gasteiger partial charge in [0.1, 0.15) is 18.0 Å². The minimum atomic E-state index is -4.03. The van der Waals surface area contributed by atoms with Crippen LogP contribution in [-0.2, 0) is 24.3 Å². The lowest BCUT2D eigenvalue weighted by Gasteiger charge is -2.49. The second kappa shape index (κ2) is 11.1. The zero-order valence-corrected chi connectivity index (χ0v) is 24.6. The molecule has 216 valence electrons. The summed E-state index contributed by atoms with van der Waals surface area (Å²) >= 11 is 0. The summed E-state index contributed by atoms with van der Waals surface area (Å²) in [6, 6.07) is 14.4. The largest absolute Gasteiger partial charge is 0.489 e. The van der Waals surface area contributed by atoms with Gasteiger partial charge in [-0.2, -0.15) is 0 Å². The van der Waals surface area contributed by atoms with Crippen molar-refractivity contribution in [1.82, 2.24) is 9.62 Å². The van der Waals surface area contributed by atoms with E-state index >= 15 is 0 Å². The number of esters is 1. The normalized spacial score (nSPS) is 18.2. The molecule has 1 amide bonds. The maximum absolute atomic E-state index is 13.3. The predicted octanol–water partition coefficient (Wildman–Crippen LogP) is 3.82. The Bertz CT molecular complexity index is 1390. The summed E-state index contributed by atoms with van der Waals surface area (Å²) in [6.07, 6.45) is 1.35. The Morgan fingerprint density at radius 2 is 1.73 bits per heavy atom. The summed E-state index contributed by atoms with van der Waals surface area (Å²) in [5.41, 5.74) is 1.38. The fourth-order valence-electron chi connectivity index (χ4n) is 4.81. The Morgan fingerprint density at radius 1 is 1.07 bits per heavy atom. The van der Waals surface area contributed by atoms with Crippen LogP contribution in [0.5, 0.6) is 5.75 Å². The van der Waals surface area contributed by atoms with Crippen molar-refractivity contribution >= 4 is 33.3 Å². The van der Waals surface area contributed by atoms with Crippen LogP contribution in [0.1, 0.15) is 39.7 Å². The van der Waals surface area contributed by atoms with Gasteiger partial charge in [0, 0.05) is 37.4 Å². The highest BCUT2D eigenvalue weighted by Gasteiger charge is 2.50. The topological polar surface area (TPSA) is 114 Å². The van der Waals surface area contributed by atoms with Gasteiger partial charge >= 0.3 is 12.1 Å². The smallest absolute Gasteiger partial charge is 0.410 e. The third-order valence-electron chi connectivity index (χ3n) is 6.91. The van der Waals surface area contributed by atoms with Gasteiger partial charge in [-0.15, -0.1) is 0 Å². The molecule has 0 aromatic heterocycles. The minimum Gasteiger partial charge on any atom is -0.489 e. The van der Waals surface area contributed by atoms with Gasteiger partial charge in [0.25, 0.3) is 0 Å². The van der Waals surface area contributed by atoms with Crippen molar-refractivity contribution in [3.05, 3.63) is 60.2 Å². The van der Waals surface area contributed by atoms with Gasteiger partial charge in [-0.05, 0) is 63.6 Å². The van der Waals surface area contributed by atoms with Gasteiger partial charge in [-0.3, -0.25) is 4.79 Å². The highest BCUT2D eigenvalue weighted by molar-refractivity contribution is 7.89. The summed E-state index contributed by atoms with van der Waals surface area (Å²) in [6.45, 7) is 7.63. The number of fused-ring (bicyclic) bond motifs is 1.